The monoisotopic (exact) mass is 591 g/mol. The third kappa shape index (κ3) is 4.37. The molecule has 0 nitrogen and oxygen atoms in total. The molecule has 3 rings (SSSR count). The molecule has 0 saturated carbocycles. The fourth-order valence-corrected chi connectivity index (χ4v) is 22.7. The van der Waals surface area contributed by atoms with E-state index in [0.717, 1.165) is 0 Å². The normalized spacial score (nSPS) is 16.0. The Hall–Kier alpha value is 0.227. The quantitative estimate of drug-likeness (QED) is 0.445. The second kappa shape index (κ2) is 8.75. The Morgan fingerprint density at radius 3 is 1.81 bits per heavy atom. The summed E-state index contributed by atoms with van der Waals surface area (Å²) in [6, 6.07) is 11.1. The molecular weight excluding hydrogens is 571 g/mol. The van der Waals surface area contributed by atoms with Crippen molar-refractivity contribution in [1.29, 1.82) is 0 Å². The zero-order valence-corrected chi connectivity index (χ0v) is 20.4. The minimum atomic E-state index is -2.51. The molecule has 2 aliphatic carbocycles. The van der Waals surface area contributed by atoms with Crippen LogP contribution in [0.1, 0.15) is 18.4 Å². The van der Waals surface area contributed by atoms with Gasteiger partial charge in [-0.1, -0.05) is 0 Å². The SMILES string of the molecule is Br.Br.[SiH2]=[Hf]([CH2]c1ccccc1)([C]1=CC=CC1)[C]1=CC=CC1. The molecule has 0 aliphatic heterocycles. The average molecular weight is 592 g/mol. The zero-order chi connectivity index (χ0) is 13.1. The van der Waals surface area contributed by atoms with Crippen molar-refractivity contribution in [2.45, 2.75) is 17.0 Å². The summed E-state index contributed by atoms with van der Waals surface area (Å²) < 4.78 is 4.89. The molecule has 1 aromatic carbocycles. The first kappa shape index (κ1) is 19.3. The predicted molar refractivity (Wildman–Crippen MR) is 103 cm³/mol. The molecule has 0 atom stereocenters. The summed E-state index contributed by atoms with van der Waals surface area (Å²) in [5.41, 5.74) is 1.53. The van der Waals surface area contributed by atoms with Gasteiger partial charge in [0, 0.05) is 0 Å². The van der Waals surface area contributed by atoms with Crippen LogP contribution in [0.2, 0.25) is 0 Å². The number of halogens is 2. The molecule has 21 heavy (non-hydrogen) atoms. The van der Waals surface area contributed by atoms with E-state index in [2.05, 4.69) is 73.7 Å². The van der Waals surface area contributed by atoms with Crippen LogP contribution < -0.4 is 0 Å². The van der Waals surface area contributed by atoms with Gasteiger partial charge < -0.3 is 0 Å². The van der Waals surface area contributed by atoms with Gasteiger partial charge >= 0.3 is 122 Å². The molecule has 1 aromatic rings. The van der Waals surface area contributed by atoms with Crippen molar-refractivity contribution < 1.29 is 18.6 Å². The summed E-state index contributed by atoms with van der Waals surface area (Å²) in [7, 11) is 0. The number of rotatable bonds is 4. The van der Waals surface area contributed by atoms with E-state index in [1.54, 1.807) is 6.66 Å². The van der Waals surface area contributed by atoms with Gasteiger partial charge in [0.05, 0.1) is 0 Å². The molecule has 111 valence electrons. The van der Waals surface area contributed by atoms with Crippen molar-refractivity contribution in [1.82, 2.24) is 0 Å². The Balaban J connectivity index is 0.00000110. The van der Waals surface area contributed by atoms with Crippen molar-refractivity contribution in [3.05, 3.63) is 79.0 Å². The first-order valence-corrected chi connectivity index (χ1v) is 21.4. The first-order chi connectivity index (χ1) is 9.29. The summed E-state index contributed by atoms with van der Waals surface area (Å²) in [5.74, 6) is 0. The maximum absolute atomic E-state index is 2.51. The molecule has 0 unspecified atom stereocenters. The molecule has 0 heterocycles. The van der Waals surface area contributed by atoms with Gasteiger partial charge in [0.2, 0.25) is 0 Å². The van der Waals surface area contributed by atoms with Crippen molar-refractivity contribution in [2.24, 2.45) is 0 Å². The standard InChI is InChI=1S/C7H7.2C5H5.2BrH.Hf.H2Si/c1-7-5-3-2-4-6-7;2*1-2-4-5-3-1;;;;/h2-6H,1H2;2*1-3H,4H2;2*1H;;1H2. The molecule has 0 amide bonds. The predicted octanol–water partition coefficient (Wildman–Crippen LogP) is 4.73. The number of hydrogen-bond donors (Lipinski definition) is 0. The van der Waals surface area contributed by atoms with Crippen LogP contribution in [0, 0.1) is 0 Å². The van der Waals surface area contributed by atoms with Crippen LogP contribution in [0.3, 0.4) is 0 Å². The molecule has 4 heteroatoms. The Kier molecular flexibility index (Phi) is 8.03. The van der Waals surface area contributed by atoms with Crippen LogP contribution in [-0.2, 0) is 22.8 Å². The van der Waals surface area contributed by atoms with Crippen LogP contribution in [0.5, 0.6) is 0 Å². The van der Waals surface area contributed by atoms with Gasteiger partial charge in [0.25, 0.3) is 0 Å². The van der Waals surface area contributed by atoms with Crippen LogP contribution in [0.15, 0.2) is 73.4 Å². The molecule has 0 saturated heterocycles. The number of allylic oxidation sites excluding steroid dienone is 8. The van der Waals surface area contributed by atoms with Crippen molar-refractivity contribution >= 4 is 40.9 Å². The van der Waals surface area contributed by atoms with E-state index in [-0.39, 0.29) is 34.0 Å². The average Bonchev–Trinajstić information content (AvgIpc) is 3.14. The third-order valence-corrected chi connectivity index (χ3v) is 28.7. The van der Waals surface area contributed by atoms with Gasteiger partial charge in [-0.15, -0.1) is 34.0 Å². The molecular formula is C17H21Br2HfSi. The fraction of sp³-hybridized carbons (Fsp3) is 0.176. The summed E-state index contributed by atoms with van der Waals surface area (Å²) in [6.07, 6.45) is 16.4. The molecule has 0 N–H and O–H groups in total. The Morgan fingerprint density at radius 1 is 0.857 bits per heavy atom. The van der Waals surface area contributed by atoms with E-state index >= 15 is 0 Å². The second-order valence-corrected chi connectivity index (χ2v) is 28.9. The van der Waals surface area contributed by atoms with E-state index in [4.69, 9.17) is 0 Å². The van der Waals surface area contributed by atoms with E-state index < -0.39 is 18.6 Å². The van der Waals surface area contributed by atoms with Crippen molar-refractivity contribution in [3.63, 3.8) is 0 Å². The van der Waals surface area contributed by atoms with Crippen molar-refractivity contribution in [3.8, 4) is 0 Å². The van der Waals surface area contributed by atoms with Crippen LogP contribution >= 0.6 is 34.0 Å². The van der Waals surface area contributed by atoms with Gasteiger partial charge in [0.15, 0.2) is 0 Å². The van der Waals surface area contributed by atoms with Crippen LogP contribution in [0.25, 0.3) is 0 Å². The van der Waals surface area contributed by atoms with Gasteiger partial charge in [-0.05, 0) is 0 Å². The number of benzene rings is 1. The van der Waals surface area contributed by atoms with E-state index in [9.17, 15) is 0 Å². The zero-order valence-electron chi connectivity index (χ0n) is 12.0. The summed E-state index contributed by atoms with van der Waals surface area (Å²) in [6.45, 7) is 2.38. The topological polar surface area (TPSA) is 0 Å². The number of hydrogen-bond acceptors (Lipinski definition) is 0. The molecule has 0 bridgehead atoms. The van der Waals surface area contributed by atoms with E-state index in [1.807, 2.05) is 0 Å². The summed E-state index contributed by atoms with van der Waals surface area (Å²) in [5, 5.41) is 0. The molecule has 0 spiro atoms. The molecule has 2 aliphatic rings. The summed E-state index contributed by atoms with van der Waals surface area (Å²) >= 11 is -2.51. The van der Waals surface area contributed by atoms with Crippen LogP contribution in [-0.4, -0.2) is 6.94 Å². The van der Waals surface area contributed by atoms with Gasteiger partial charge in [-0.25, -0.2) is 0 Å². The maximum atomic E-state index is 2.41. The Labute approximate surface area is 154 Å². The van der Waals surface area contributed by atoms with Gasteiger partial charge in [0.1, 0.15) is 0 Å². The minimum absolute atomic E-state index is 0. The fourth-order valence-electron chi connectivity index (χ4n) is 2.98. The van der Waals surface area contributed by atoms with Gasteiger partial charge in [-0.2, -0.15) is 0 Å². The van der Waals surface area contributed by atoms with E-state index in [1.165, 1.54) is 22.6 Å². The molecule has 0 fully saturated rings. The molecule has 0 aromatic heterocycles. The van der Waals surface area contributed by atoms with Crippen LogP contribution in [0.4, 0.5) is 0 Å². The second-order valence-electron chi connectivity index (χ2n) is 5.39. The van der Waals surface area contributed by atoms with Crippen molar-refractivity contribution in [2.75, 3.05) is 0 Å². The third-order valence-electron chi connectivity index (χ3n) is 4.12. The Morgan fingerprint density at radius 2 is 1.38 bits per heavy atom. The van der Waals surface area contributed by atoms with E-state index in [0.29, 0.717) is 0 Å². The summed E-state index contributed by atoms with van der Waals surface area (Å²) in [4.78, 5) is 0. The van der Waals surface area contributed by atoms with Gasteiger partial charge in [-0.3, -0.25) is 0 Å². The first-order valence-electron chi connectivity index (χ1n) is 6.91. The molecule has 0 radical (unpaired) electrons. The Bertz CT molecular complexity index is 608.